The smallest absolute Gasteiger partial charge is 0.191 e. The first-order chi connectivity index (χ1) is 15.0. The lowest BCUT2D eigenvalue weighted by atomic mass is 10.3. The fraction of sp³-hybridized carbons (Fsp3) is 0.391. The van der Waals surface area contributed by atoms with Gasteiger partial charge in [0.1, 0.15) is 11.5 Å². The topological polar surface area (TPSA) is 67.6 Å². The number of hydrogen-bond donors (Lipinski definition) is 0. The molecule has 8 heteroatoms. The Labute approximate surface area is 187 Å². The van der Waals surface area contributed by atoms with E-state index in [2.05, 4.69) is 28.6 Å². The molecule has 0 saturated carbocycles. The van der Waals surface area contributed by atoms with E-state index < -0.39 is 0 Å². The molecule has 3 aromatic rings. The third-order valence-electron chi connectivity index (χ3n) is 4.59. The maximum atomic E-state index is 6.14. The molecule has 0 fully saturated rings. The molecule has 3 rings (SSSR count). The molecule has 0 aliphatic carbocycles. The quantitative estimate of drug-likeness (QED) is 0.298. The van der Waals surface area contributed by atoms with Crippen LogP contribution in [0.2, 0.25) is 0 Å². The number of benzene rings is 2. The molecule has 0 N–H and O–H groups in total. The summed E-state index contributed by atoms with van der Waals surface area (Å²) in [6, 6.07) is 15.3. The number of rotatable bonds is 11. The van der Waals surface area contributed by atoms with E-state index in [1.54, 1.807) is 26.0 Å². The number of aromatic nitrogens is 3. The van der Waals surface area contributed by atoms with Crippen molar-refractivity contribution >= 4 is 11.8 Å². The SMILES string of the molecule is COc1ccc(OCCSc2nnc(C(C)Oc3ccccc3OC)n2C(C)C)cc1. The van der Waals surface area contributed by atoms with Crippen molar-refractivity contribution in [2.45, 2.75) is 38.1 Å². The number of para-hydroxylation sites is 2. The minimum absolute atomic E-state index is 0.193. The summed E-state index contributed by atoms with van der Waals surface area (Å²) in [5.74, 6) is 4.51. The number of hydrogen-bond acceptors (Lipinski definition) is 7. The Morgan fingerprint density at radius 3 is 2.19 bits per heavy atom. The monoisotopic (exact) mass is 443 g/mol. The van der Waals surface area contributed by atoms with Gasteiger partial charge in [-0.3, -0.25) is 0 Å². The fourth-order valence-corrected chi connectivity index (χ4v) is 3.96. The third-order valence-corrected chi connectivity index (χ3v) is 5.49. The molecule has 1 atom stereocenters. The van der Waals surface area contributed by atoms with Gasteiger partial charge in [-0.05, 0) is 57.2 Å². The number of thioether (sulfide) groups is 1. The average Bonchev–Trinajstić information content (AvgIpc) is 3.22. The Morgan fingerprint density at radius 1 is 0.871 bits per heavy atom. The van der Waals surface area contributed by atoms with E-state index in [4.69, 9.17) is 18.9 Å². The summed E-state index contributed by atoms with van der Waals surface area (Å²) < 4.78 is 24.6. The van der Waals surface area contributed by atoms with Crippen LogP contribution in [0.15, 0.2) is 53.7 Å². The lowest BCUT2D eigenvalue weighted by Gasteiger charge is -2.19. The molecule has 1 heterocycles. The lowest BCUT2D eigenvalue weighted by Crippen LogP contribution is -2.15. The van der Waals surface area contributed by atoms with E-state index in [-0.39, 0.29) is 12.1 Å². The van der Waals surface area contributed by atoms with Gasteiger partial charge in [-0.1, -0.05) is 23.9 Å². The first-order valence-electron chi connectivity index (χ1n) is 10.2. The minimum Gasteiger partial charge on any atom is -0.497 e. The van der Waals surface area contributed by atoms with Crippen molar-refractivity contribution < 1.29 is 18.9 Å². The summed E-state index contributed by atoms with van der Waals surface area (Å²) in [5, 5.41) is 9.67. The molecule has 166 valence electrons. The summed E-state index contributed by atoms with van der Waals surface area (Å²) in [6.45, 7) is 6.75. The van der Waals surface area contributed by atoms with Gasteiger partial charge in [-0.15, -0.1) is 10.2 Å². The van der Waals surface area contributed by atoms with Gasteiger partial charge in [-0.2, -0.15) is 0 Å². The third kappa shape index (κ3) is 5.85. The van der Waals surface area contributed by atoms with Gasteiger partial charge < -0.3 is 23.5 Å². The molecule has 0 radical (unpaired) electrons. The highest BCUT2D eigenvalue weighted by atomic mass is 32.2. The van der Waals surface area contributed by atoms with Crippen LogP contribution < -0.4 is 18.9 Å². The average molecular weight is 444 g/mol. The molecule has 0 aliphatic heterocycles. The zero-order valence-electron chi connectivity index (χ0n) is 18.6. The summed E-state index contributed by atoms with van der Waals surface area (Å²) in [6.07, 6.45) is -0.281. The van der Waals surface area contributed by atoms with E-state index in [1.807, 2.05) is 55.5 Å². The van der Waals surface area contributed by atoms with Gasteiger partial charge in [0.15, 0.2) is 28.6 Å². The van der Waals surface area contributed by atoms with Crippen LogP contribution in [0.25, 0.3) is 0 Å². The molecule has 1 aromatic heterocycles. The molecule has 0 saturated heterocycles. The Morgan fingerprint density at radius 2 is 1.55 bits per heavy atom. The van der Waals surface area contributed by atoms with Crippen molar-refractivity contribution in [1.29, 1.82) is 0 Å². The molecule has 7 nitrogen and oxygen atoms in total. The first-order valence-corrected chi connectivity index (χ1v) is 11.2. The first kappa shape index (κ1) is 22.8. The van der Waals surface area contributed by atoms with Crippen LogP contribution in [0.3, 0.4) is 0 Å². The molecule has 31 heavy (non-hydrogen) atoms. The van der Waals surface area contributed by atoms with Crippen molar-refractivity contribution in [2.24, 2.45) is 0 Å². The molecule has 0 bridgehead atoms. The second kappa shape index (κ2) is 10.9. The highest BCUT2D eigenvalue weighted by molar-refractivity contribution is 7.99. The normalized spacial score (nSPS) is 11.9. The van der Waals surface area contributed by atoms with Gasteiger partial charge in [-0.25, -0.2) is 0 Å². The second-order valence-corrected chi connectivity index (χ2v) is 8.15. The zero-order chi connectivity index (χ0) is 22.2. The number of methoxy groups -OCH3 is 2. The van der Waals surface area contributed by atoms with Gasteiger partial charge in [0.25, 0.3) is 0 Å². The van der Waals surface area contributed by atoms with Crippen molar-refractivity contribution in [3.8, 4) is 23.0 Å². The molecule has 1 unspecified atom stereocenters. The zero-order valence-corrected chi connectivity index (χ0v) is 19.4. The van der Waals surface area contributed by atoms with Crippen LogP contribution in [0.4, 0.5) is 0 Å². The van der Waals surface area contributed by atoms with Crippen LogP contribution in [0, 0.1) is 0 Å². The van der Waals surface area contributed by atoms with Gasteiger partial charge in [0.2, 0.25) is 0 Å². The van der Waals surface area contributed by atoms with Gasteiger partial charge >= 0.3 is 0 Å². The van der Waals surface area contributed by atoms with E-state index in [9.17, 15) is 0 Å². The fourth-order valence-electron chi connectivity index (χ4n) is 3.07. The van der Waals surface area contributed by atoms with Crippen molar-refractivity contribution in [2.75, 3.05) is 26.6 Å². The van der Waals surface area contributed by atoms with Crippen LogP contribution >= 0.6 is 11.8 Å². The Kier molecular flexibility index (Phi) is 8.06. The highest BCUT2D eigenvalue weighted by Gasteiger charge is 2.22. The largest absolute Gasteiger partial charge is 0.497 e. The molecule has 0 spiro atoms. The van der Waals surface area contributed by atoms with E-state index in [0.717, 1.165) is 28.2 Å². The Hall–Kier alpha value is -2.87. The van der Waals surface area contributed by atoms with Crippen LogP contribution in [0.1, 0.15) is 38.7 Å². The highest BCUT2D eigenvalue weighted by Crippen LogP contribution is 2.32. The number of ether oxygens (including phenoxy) is 4. The standard InChI is InChI=1S/C23H29N3O4S/c1-16(2)26-22(17(3)30-21-9-7-6-8-20(21)28-5)24-25-23(26)31-15-14-29-19-12-10-18(27-4)11-13-19/h6-13,16-17H,14-15H2,1-5H3. The van der Waals surface area contributed by atoms with E-state index in [0.29, 0.717) is 18.1 Å². The molecule has 2 aromatic carbocycles. The van der Waals surface area contributed by atoms with Crippen LogP contribution in [-0.2, 0) is 0 Å². The molecule has 0 aliphatic rings. The predicted octanol–water partition coefficient (Wildman–Crippen LogP) is 5.19. The summed E-state index contributed by atoms with van der Waals surface area (Å²) >= 11 is 1.61. The number of nitrogens with zero attached hydrogens (tertiary/aromatic N) is 3. The van der Waals surface area contributed by atoms with Gasteiger partial charge in [0.05, 0.1) is 20.8 Å². The van der Waals surface area contributed by atoms with Crippen molar-refractivity contribution in [3.63, 3.8) is 0 Å². The predicted molar refractivity (Wildman–Crippen MR) is 122 cm³/mol. The maximum absolute atomic E-state index is 6.14. The minimum atomic E-state index is -0.281. The van der Waals surface area contributed by atoms with E-state index in [1.165, 1.54) is 0 Å². The van der Waals surface area contributed by atoms with E-state index >= 15 is 0 Å². The second-order valence-electron chi connectivity index (χ2n) is 7.09. The molecule has 0 amide bonds. The maximum Gasteiger partial charge on any atom is 0.191 e. The summed E-state index contributed by atoms with van der Waals surface area (Å²) in [7, 11) is 3.28. The Balaban J connectivity index is 1.62. The van der Waals surface area contributed by atoms with Crippen LogP contribution in [0.5, 0.6) is 23.0 Å². The summed E-state index contributed by atoms with van der Waals surface area (Å²) in [5.41, 5.74) is 0. The van der Waals surface area contributed by atoms with Crippen molar-refractivity contribution in [1.82, 2.24) is 14.8 Å². The molecular formula is C23H29N3O4S. The summed E-state index contributed by atoms with van der Waals surface area (Å²) in [4.78, 5) is 0. The van der Waals surface area contributed by atoms with Crippen molar-refractivity contribution in [3.05, 3.63) is 54.4 Å². The molecular weight excluding hydrogens is 414 g/mol. The van der Waals surface area contributed by atoms with Gasteiger partial charge in [0, 0.05) is 11.8 Å². The Bertz CT molecular complexity index is 960. The lowest BCUT2D eigenvalue weighted by molar-refractivity contribution is 0.198. The van der Waals surface area contributed by atoms with Crippen LogP contribution in [-0.4, -0.2) is 41.3 Å².